The fourth-order valence-corrected chi connectivity index (χ4v) is 3.70. The molecule has 1 N–H and O–H groups in total. The predicted octanol–water partition coefficient (Wildman–Crippen LogP) is 4.56. The van der Waals surface area contributed by atoms with Gasteiger partial charge in [-0.05, 0) is 31.5 Å². The Morgan fingerprint density at radius 3 is 2.57 bits per heavy atom. The second-order valence-corrected chi connectivity index (χ2v) is 7.52. The lowest BCUT2D eigenvalue weighted by atomic mass is 10.2. The number of rotatable bonds is 8. The van der Waals surface area contributed by atoms with Gasteiger partial charge in [0.2, 0.25) is 0 Å². The molecule has 1 amide bonds. The van der Waals surface area contributed by atoms with Gasteiger partial charge in [0.15, 0.2) is 11.0 Å². The minimum atomic E-state index is -0.270. The predicted molar refractivity (Wildman–Crippen MR) is 113 cm³/mol. The summed E-state index contributed by atoms with van der Waals surface area (Å²) >= 11 is 1.63. The number of hydrogen-bond donors (Lipinski definition) is 1. The zero-order valence-corrected chi connectivity index (χ0v) is 16.9. The van der Waals surface area contributed by atoms with Gasteiger partial charge in [0, 0.05) is 17.9 Å². The van der Waals surface area contributed by atoms with Crippen molar-refractivity contribution in [3.63, 3.8) is 0 Å². The number of benzene rings is 2. The molecule has 0 aliphatic rings. The molecule has 0 saturated heterocycles. The molecule has 1 atom stereocenters. The minimum Gasteiger partial charge on any atom is -0.342 e. The van der Waals surface area contributed by atoms with E-state index >= 15 is 0 Å². The second kappa shape index (κ2) is 9.37. The normalized spacial score (nSPS) is 11.8. The number of nitrogens with zero attached hydrogens (tertiary/aromatic N) is 3. The maximum atomic E-state index is 12.4. The van der Waals surface area contributed by atoms with Crippen molar-refractivity contribution in [2.24, 2.45) is 0 Å². The van der Waals surface area contributed by atoms with Gasteiger partial charge < -0.3 is 9.88 Å². The van der Waals surface area contributed by atoms with Gasteiger partial charge >= 0.3 is 0 Å². The molecule has 0 fully saturated rings. The Hall–Kier alpha value is -2.86. The molecule has 0 bridgehead atoms. The maximum Gasteiger partial charge on any atom is 0.251 e. The summed E-state index contributed by atoms with van der Waals surface area (Å²) in [6, 6.07) is 17.4. The second-order valence-electron chi connectivity index (χ2n) is 6.58. The topological polar surface area (TPSA) is 59.8 Å². The van der Waals surface area contributed by atoms with Gasteiger partial charge in [-0.1, -0.05) is 65.9 Å². The zero-order valence-electron chi connectivity index (χ0n) is 16.1. The van der Waals surface area contributed by atoms with E-state index in [9.17, 15) is 4.79 Å². The molecule has 144 valence electrons. The molecule has 3 rings (SSSR count). The van der Waals surface area contributed by atoms with Gasteiger partial charge in [-0.2, -0.15) is 0 Å². The lowest BCUT2D eigenvalue weighted by Gasteiger charge is -2.15. The highest BCUT2D eigenvalue weighted by atomic mass is 32.2. The number of thioether (sulfide) groups is 1. The third-order valence-electron chi connectivity index (χ3n) is 4.32. The van der Waals surface area contributed by atoms with Crippen LogP contribution in [0, 0.1) is 6.92 Å². The first kappa shape index (κ1) is 19.9. The molecular formula is C22H24N4OS. The lowest BCUT2D eigenvalue weighted by molar-refractivity contribution is 0.0937. The van der Waals surface area contributed by atoms with Crippen LogP contribution in [0.25, 0.3) is 0 Å². The fraction of sp³-hybridized carbons (Fsp3) is 0.227. The quantitative estimate of drug-likeness (QED) is 0.451. The van der Waals surface area contributed by atoms with E-state index in [1.807, 2.05) is 35.8 Å². The van der Waals surface area contributed by atoms with Gasteiger partial charge in [-0.3, -0.25) is 4.79 Å². The third kappa shape index (κ3) is 4.89. The van der Waals surface area contributed by atoms with Gasteiger partial charge in [0.05, 0.1) is 6.04 Å². The van der Waals surface area contributed by atoms with Crippen LogP contribution in [0.4, 0.5) is 0 Å². The number of aryl methyl sites for hydroxylation is 1. The van der Waals surface area contributed by atoms with Crippen molar-refractivity contribution in [1.29, 1.82) is 0 Å². The van der Waals surface area contributed by atoms with Gasteiger partial charge in [0.25, 0.3) is 5.91 Å². The molecule has 0 aliphatic carbocycles. The van der Waals surface area contributed by atoms with Crippen molar-refractivity contribution in [2.75, 3.05) is 0 Å². The van der Waals surface area contributed by atoms with Crippen LogP contribution in [0.15, 0.2) is 72.4 Å². The van der Waals surface area contributed by atoms with Crippen LogP contribution in [0.5, 0.6) is 0 Å². The molecule has 28 heavy (non-hydrogen) atoms. The van der Waals surface area contributed by atoms with E-state index in [0.717, 1.165) is 16.7 Å². The minimum absolute atomic E-state index is 0.130. The SMILES string of the molecule is C=CCn1c(SCc2ccc(C)cc2)nnc1C(C)NC(=O)c1ccccc1. The Bertz CT molecular complexity index is 935. The highest BCUT2D eigenvalue weighted by Gasteiger charge is 2.19. The Kier molecular flexibility index (Phi) is 6.66. The van der Waals surface area contributed by atoms with Crippen LogP contribution >= 0.6 is 11.8 Å². The van der Waals surface area contributed by atoms with Gasteiger partial charge in [-0.25, -0.2) is 0 Å². The average molecular weight is 393 g/mol. The smallest absolute Gasteiger partial charge is 0.251 e. The summed E-state index contributed by atoms with van der Waals surface area (Å²) < 4.78 is 2.00. The number of aromatic nitrogens is 3. The summed E-state index contributed by atoms with van der Waals surface area (Å²) in [5, 5.41) is 12.5. The van der Waals surface area contributed by atoms with Crippen LogP contribution in [-0.2, 0) is 12.3 Å². The molecule has 0 aliphatic heterocycles. The molecule has 2 aromatic carbocycles. The highest BCUT2D eigenvalue weighted by Crippen LogP contribution is 2.24. The highest BCUT2D eigenvalue weighted by molar-refractivity contribution is 7.98. The molecule has 1 heterocycles. The largest absolute Gasteiger partial charge is 0.342 e. The van der Waals surface area contributed by atoms with Crippen LogP contribution in [0.1, 0.15) is 40.3 Å². The summed E-state index contributed by atoms with van der Waals surface area (Å²) in [5.41, 5.74) is 3.10. The average Bonchev–Trinajstić information content (AvgIpc) is 3.11. The van der Waals surface area contributed by atoms with Crippen molar-refractivity contribution >= 4 is 17.7 Å². The summed E-state index contributed by atoms with van der Waals surface area (Å²) in [4.78, 5) is 12.4. The van der Waals surface area contributed by atoms with E-state index in [0.29, 0.717) is 12.1 Å². The Morgan fingerprint density at radius 2 is 1.89 bits per heavy atom. The third-order valence-corrected chi connectivity index (χ3v) is 5.35. The number of hydrogen-bond acceptors (Lipinski definition) is 4. The van der Waals surface area contributed by atoms with Crippen LogP contribution in [0.2, 0.25) is 0 Å². The first-order valence-electron chi connectivity index (χ1n) is 9.16. The molecular weight excluding hydrogens is 368 g/mol. The van der Waals surface area contributed by atoms with Crippen molar-refractivity contribution < 1.29 is 4.79 Å². The Balaban J connectivity index is 1.72. The molecule has 0 spiro atoms. The number of carbonyl (C=O) groups excluding carboxylic acids is 1. The molecule has 0 saturated carbocycles. The van der Waals surface area contributed by atoms with Crippen molar-refractivity contribution in [3.8, 4) is 0 Å². The van der Waals surface area contributed by atoms with Crippen molar-refractivity contribution in [3.05, 3.63) is 89.8 Å². The van der Waals surface area contributed by atoms with E-state index in [1.165, 1.54) is 11.1 Å². The van der Waals surface area contributed by atoms with Crippen LogP contribution in [0.3, 0.4) is 0 Å². The molecule has 6 heteroatoms. The number of nitrogens with one attached hydrogen (secondary N) is 1. The Labute approximate surface area is 169 Å². The number of amides is 1. The first-order valence-corrected chi connectivity index (χ1v) is 10.1. The number of carbonyl (C=O) groups is 1. The van der Waals surface area contributed by atoms with E-state index in [4.69, 9.17) is 0 Å². The van der Waals surface area contributed by atoms with Gasteiger partial charge in [-0.15, -0.1) is 16.8 Å². The standard InChI is InChI=1S/C22H24N4OS/c1-4-14-26-20(17(3)23-21(27)19-8-6-5-7-9-19)24-25-22(26)28-15-18-12-10-16(2)11-13-18/h4-13,17H,1,14-15H2,2-3H3,(H,23,27). The van der Waals surface area contributed by atoms with E-state index in [2.05, 4.69) is 53.3 Å². The van der Waals surface area contributed by atoms with Crippen molar-refractivity contribution in [2.45, 2.75) is 37.3 Å². The van der Waals surface area contributed by atoms with Crippen molar-refractivity contribution in [1.82, 2.24) is 20.1 Å². The molecule has 1 unspecified atom stereocenters. The van der Waals surface area contributed by atoms with E-state index in [1.54, 1.807) is 23.9 Å². The molecule has 0 radical (unpaired) electrons. The monoisotopic (exact) mass is 392 g/mol. The first-order chi connectivity index (χ1) is 13.6. The fourth-order valence-electron chi connectivity index (χ4n) is 2.79. The van der Waals surface area contributed by atoms with Crippen LogP contribution in [-0.4, -0.2) is 20.7 Å². The lowest BCUT2D eigenvalue weighted by Crippen LogP contribution is -2.28. The molecule has 1 aromatic heterocycles. The molecule has 3 aromatic rings. The summed E-state index contributed by atoms with van der Waals surface area (Å²) in [6.07, 6.45) is 1.81. The Morgan fingerprint density at radius 1 is 1.18 bits per heavy atom. The summed E-state index contributed by atoms with van der Waals surface area (Å²) in [5.74, 6) is 1.39. The maximum absolute atomic E-state index is 12.4. The van der Waals surface area contributed by atoms with E-state index in [-0.39, 0.29) is 11.9 Å². The number of allylic oxidation sites excluding steroid dienone is 1. The summed E-state index contributed by atoms with van der Waals surface area (Å²) in [7, 11) is 0. The van der Waals surface area contributed by atoms with E-state index < -0.39 is 0 Å². The van der Waals surface area contributed by atoms with Crippen LogP contribution < -0.4 is 5.32 Å². The van der Waals surface area contributed by atoms with Gasteiger partial charge in [0.1, 0.15) is 0 Å². The summed E-state index contributed by atoms with van der Waals surface area (Å²) in [6.45, 7) is 8.42. The zero-order chi connectivity index (χ0) is 19.9. The molecule has 5 nitrogen and oxygen atoms in total.